The molecule has 0 atom stereocenters. The number of fused-ring (bicyclic) bond motifs is 1. The zero-order chi connectivity index (χ0) is 14.1. The fourth-order valence-electron chi connectivity index (χ4n) is 2.73. The average molecular weight is 333 g/mol. The van der Waals surface area contributed by atoms with Crippen LogP contribution in [0, 0.1) is 0 Å². The zero-order valence-corrected chi connectivity index (χ0v) is 13.2. The van der Waals surface area contributed by atoms with Gasteiger partial charge in [0.1, 0.15) is 0 Å². The van der Waals surface area contributed by atoms with Gasteiger partial charge in [0.15, 0.2) is 0 Å². The van der Waals surface area contributed by atoms with Gasteiger partial charge in [-0.3, -0.25) is 0 Å². The van der Waals surface area contributed by atoms with Crippen molar-refractivity contribution in [1.82, 2.24) is 0 Å². The van der Waals surface area contributed by atoms with Crippen molar-refractivity contribution in [1.29, 1.82) is 0 Å². The molecule has 0 saturated carbocycles. The quantitative estimate of drug-likeness (QED) is 0.441. The van der Waals surface area contributed by atoms with E-state index in [4.69, 9.17) is 0 Å². The number of benzene rings is 3. The third kappa shape index (κ3) is 2.25. The van der Waals surface area contributed by atoms with E-state index >= 15 is 0 Å². The second kappa shape index (κ2) is 5.37. The molecule has 1 heterocycles. The SMILES string of the molecule is c1ccc(-c2[se]c3ccccc3c2-c2ccccc2)cc1. The summed E-state index contributed by atoms with van der Waals surface area (Å²) in [5.74, 6) is 0. The van der Waals surface area contributed by atoms with Gasteiger partial charge in [0.05, 0.1) is 0 Å². The summed E-state index contributed by atoms with van der Waals surface area (Å²) in [6.45, 7) is 0. The Bertz CT molecular complexity index is 874. The van der Waals surface area contributed by atoms with Crippen LogP contribution in [0.15, 0.2) is 84.9 Å². The first-order valence-electron chi connectivity index (χ1n) is 7.06. The first-order chi connectivity index (χ1) is 10.4. The Morgan fingerprint density at radius 2 is 1.10 bits per heavy atom. The molecule has 1 heteroatoms. The molecule has 3 aromatic carbocycles. The minimum absolute atomic E-state index is 0.378. The minimum atomic E-state index is 0.378. The Kier molecular flexibility index (Phi) is 3.23. The maximum absolute atomic E-state index is 2.27. The van der Waals surface area contributed by atoms with Gasteiger partial charge in [0.25, 0.3) is 0 Å². The van der Waals surface area contributed by atoms with Crippen LogP contribution >= 0.6 is 0 Å². The van der Waals surface area contributed by atoms with E-state index in [-0.39, 0.29) is 0 Å². The molecular weight excluding hydrogens is 319 g/mol. The summed E-state index contributed by atoms with van der Waals surface area (Å²) in [6, 6.07) is 30.4. The van der Waals surface area contributed by atoms with Crippen molar-refractivity contribution in [2.75, 3.05) is 0 Å². The van der Waals surface area contributed by atoms with Gasteiger partial charge in [-0.15, -0.1) is 0 Å². The Hall–Kier alpha value is -2.08. The van der Waals surface area contributed by atoms with Crippen molar-refractivity contribution in [2.24, 2.45) is 0 Å². The van der Waals surface area contributed by atoms with Gasteiger partial charge < -0.3 is 0 Å². The van der Waals surface area contributed by atoms with E-state index < -0.39 is 0 Å². The van der Waals surface area contributed by atoms with Gasteiger partial charge in [0.2, 0.25) is 0 Å². The fourth-order valence-corrected chi connectivity index (χ4v) is 5.31. The van der Waals surface area contributed by atoms with Gasteiger partial charge in [0, 0.05) is 0 Å². The molecule has 0 aliphatic heterocycles. The summed E-state index contributed by atoms with van der Waals surface area (Å²) in [6.07, 6.45) is 0. The molecule has 0 nitrogen and oxygen atoms in total. The summed E-state index contributed by atoms with van der Waals surface area (Å²) >= 11 is 0.378. The molecule has 21 heavy (non-hydrogen) atoms. The van der Waals surface area contributed by atoms with Gasteiger partial charge in [-0.1, -0.05) is 0 Å². The molecule has 100 valence electrons. The first-order valence-corrected chi connectivity index (χ1v) is 8.77. The van der Waals surface area contributed by atoms with Crippen LogP contribution in [-0.2, 0) is 0 Å². The molecule has 0 bridgehead atoms. The molecule has 0 spiro atoms. The van der Waals surface area contributed by atoms with Crippen LogP contribution in [0.2, 0.25) is 0 Å². The van der Waals surface area contributed by atoms with E-state index in [1.807, 2.05) is 0 Å². The van der Waals surface area contributed by atoms with Gasteiger partial charge in [-0.05, 0) is 0 Å². The molecule has 4 aromatic rings. The first kappa shape index (κ1) is 12.6. The molecule has 0 saturated heterocycles. The zero-order valence-electron chi connectivity index (χ0n) is 11.5. The summed E-state index contributed by atoms with van der Waals surface area (Å²) in [4.78, 5) is 0. The number of hydrogen-bond acceptors (Lipinski definition) is 0. The van der Waals surface area contributed by atoms with Crippen molar-refractivity contribution < 1.29 is 0 Å². The standard InChI is InChI=1S/C20H14Se/c1-3-9-15(10-4-1)19-17-13-7-8-14-18(17)21-20(19)16-11-5-2-6-12-16/h1-14H. The monoisotopic (exact) mass is 334 g/mol. The van der Waals surface area contributed by atoms with Crippen LogP contribution in [0.1, 0.15) is 0 Å². The second-order valence-corrected chi connectivity index (χ2v) is 7.24. The van der Waals surface area contributed by atoms with Crippen LogP contribution in [0.4, 0.5) is 0 Å². The molecule has 0 amide bonds. The number of hydrogen-bond donors (Lipinski definition) is 0. The summed E-state index contributed by atoms with van der Waals surface area (Å²) < 4.78 is 2.98. The van der Waals surface area contributed by atoms with Crippen molar-refractivity contribution in [3.05, 3.63) is 84.9 Å². The van der Waals surface area contributed by atoms with Crippen LogP contribution in [0.5, 0.6) is 0 Å². The molecule has 0 radical (unpaired) electrons. The molecule has 1 aromatic heterocycles. The Morgan fingerprint density at radius 1 is 0.524 bits per heavy atom. The van der Waals surface area contributed by atoms with Crippen LogP contribution in [0.3, 0.4) is 0 Å². The fraction of sp³-hybridized carbons (Fsp3) is 0. The molecule has 0 aliphatic carbocycles. The van der Waals surface area contributed by atoms with E-state index in [0.717, 1.165) is 0 Å². The summed E-state index contributed by atoms with van der Waals surface area (Å²) in [7, 11) is 0. The summed E-state index contributed by atoms with van der Waals surface area (Å²) in [5.41, 5.74) is 4.09. The van der Waals surface area contributed by atoms with Crippen molar-refractivity contribution in [3.63, 3.8) is 0 Å². The third-order valence-corrected chi connectivity index (χ3v) is 6.25. The average Bonchev–Trinajstić information content (AvgIpc) is 2.96. The van der Waals surface area contributed by atoms with Crippen LogP contribution < -0.4 is 0 Å². The van der Waals surface area contributed by atoms with Gasteiger partial charge >= 0.3 is 130 Å². The van der Waals surface area contributed by atoms with Crippen LogP contribution in [0.25, 0.3) is 30.8 Å². The molecule has 0 N–H and O–H groups in total. The van der Waals surface area contributed by atoms with E-state index in [0.29, 0.717) is 14.5 Å². The molecular formula is C20H14Se. The molecule has 4 rings (SSSR count). The Morgan fingerprint density at radius 3 is 1.81 bits per heavy atom. The van der Waals surface area contributed by atoms with Gasteiger partial charge in [-0.2, -0.15) is 0 Å². The van der Waals surface area contributed by atoms with Crippen molar-refractivity contribution in [3.8, 4) is 21.1 Å². The topological polar surface area (TPSA) is 0 Å². The van der Waals surface area contributed by atoms with E-state index in [9.17, 15) is 0 Å². The Balaban J connectivity index is 2.07. The normalized spacial score (nSPS) is 10.9. The van der Waals surface area contributed by atoms with E-state index in [1.165, 1.54) is 30.8 Å². The molecule has 0 aliphatic rings. The molecule has 0 unspecified atom stereocenters. The molecule has 0 fully saturated rings. The second-order valence-electron chi connectivity index (χ2n) is 5.03. The number of rotatable bonds is 2. The van der Waals surface area contributed by atoms with E-state index in [1.54, 1.807) is 0 Å². The maximum atomic E-state index is 2.27. The van der Waals surface area contributed by atoms with E-state index in [2.05, 4.69) is 84.9 Å². The third-order valence-electron chi connectivity index (χ3n) is 3.69. The predicted molar refractivity (Wildman–Crippen MR) is 91.8 cm³/mol. The van der Waals surface area contributed by atoms with Crippen LogP contribution in [-0.4, -0.2) is 14.5 Å². The van der Waals surface area contributed by atoms with Crippen molar-refractivity contribution >= 4 is 24.1 Å². The predicted octanol–water partition coefficient (Wildman–Crippen LogP) is 5.23. The Labute approximate surface area is 130 Å². The van der Waals surface area contributed by atoms with Crippen molar-refractivity contribution in [2.45, 2.75) is 0 Å². The summed E-state index contributed by atoms with van der Waals surface area (Å²) in [5, 5.41) is 1.41. The van der Waals surface area contributed by atoms with Gasteiger partial charge in [-0.25, -0.2) is 0 Å².